The van der Waals surface area contributed by atoms with Crippen molar-refractivity contribution in [3.63, 3.8) is 0 Å². The Hall–Kier alpha value is -1.51. The second-order valence-corrected chi connectivity index (χ2v) is 12.1. The summed E-state index contributed by atoms with van der Waals surface area (Å²) in [4.78, 5) is 31.4. The van der Waals surface area contributed by atoms with E-state index < -0.39 is 11.5 Å². The number of carbonyl (C=O) groups is 2. The van der Waals surface area contributed by atoms with Crippen molar-refractivity contribution in [2.45, 2.75) is 89.7 Å². The molecule has 7 nitrogen and oxygen atoms in total. The Morgan fingerprint density at radius 1 is 1.19 bits per heavy atom. The number of fused-ring (bicyclic) bond motifs is 2. The molecule has 0 radical (unpaired) electrons. The van der Waals surface area contributed by atoms with E-state index in [1.54, 1.807) is 0 Å². The number of rotatable bonds is 6. The lowest BCUT2D eigenvalue weighted by molar-refractivity contribution is -0.144. The molecule has 3 fully saturated rings. The molecule has 0 aromatic carbocycles. The third-order valence-corrected chi connectivity index (χ3v) is 9.94. The fraction of sp³-hybridized carbons (Fsp3) is 0.792. The van der Waals surface area contributed by atoms with Gasteiger partial charge in [-0.15, -0.1) is 11.3 Å². The van der Waals surface area contributed by atoms with Gasteiger partial charge in [0, 0.05) is 34.6 Å². The van der Waals surface area contributed by atoms with E-state index in [1.165, 1.54) is 11.3 Å². The zero-order chi connectivity index (χ0) is 22.7. The molecule has 5 unspecified atom stereocenters. The summed E-state index contributed by atoms with van der Waals surface area (Å²) in [6.07, 6.45) is 6.96. The summed E-state index contributed by atoms with van der Waals surface area (Å²) >= 11 is 1.50. The number of aromatic nitrogens is 1. The maximum atomic E-state index is 12.9. The summed E-state index contributed by atoms with van der Waals surface area (Å²) in [7, 11) is 0. The smallest absolute Gasteiger partial charge is 0.229 e. The molecule has 4 N–H and O–H groups in total. The molecular formula is C24H35N3O4S. The van der Waals surface area contributed by atoms with Crippen molar-refractivity contribution in [2.24, 2.45) is 22.7 Å². The molecule has 5 atom stereocenters. The number of aliphatic hydroxyl groups excluding tert-OH is 2. The molecule has 4 aliphatic carbocycles. The first-order valence-corrected chi connectivity index (χ1v) is 12.9. The van der Waals surface area contributed by atoms with Crippen LogP contribution in [0.25, 0.3) is 0 Å². The van der Waals surface area contributed by atoms with Crippen molar-refractivity contribution in [3.05, 3.63) is 10.6 Å². The third kappa shape index (κ3) is 3.68. The number of thiazole rings is 1. The van der Waals surface area contributed by atoms with Crippen LogP contribution in [-0.2, 0) is 16.0 Å². The first-order chi connectivity index (χ1) is 15.2. The molecule has 0 aliphatic heterocycles. The van der Waals surface area contributed by atoms with Crippen LogP contribution in [0.1, 0.15) is 81.7 Å². The first kappa shape index (κ1) is 22.3. The Bertz CT molecular complexity index is 911. The zero-order valence-corrected chi connectivity index (χ0v) is 19.8. The number of nitrogens with one attached hydrogen (secondary N) is 2. The number of nitrogens with zero attached hydrogens (tertiary/aromatic N) is 1. The number of carbonyl (C=O) groups excluding carboxylic acids is 2. The summed E-state index contributed by atoms with van der Waals surface area (Å²) in [6.45, 7) is 4.10. The van der Waals surface area contributed by atoms with Crippen LogP contribution < -0.4 is 10.6 Å². The molecule has 32 heavy (non-hydrogen) atoms. The zero-order valence-electron chi connectivity index (χ0n) is 19.0. The molecule has 4 aliphatic rings. The van der Waals surface area contributed by atoms with Crippen molar-refractivity contribution in [3.8, 4) is 0 Å². The van der Waals surface area contributed by atoms with E-state index in [0.29, 0.717) is 30.4 Å². The van der Waals surface area contributed by atoms with Gasteiger partial charge in [0.25, 0.3) is 0 Å². The fourth-order valence-corrected chi connectivity index (χ4v) is 7.35. The number of amides is 2. The highest BCUT2D eigenvalue weighted by molar-refractivity contribution is 7.15. The molecule has 5 rings (SSSR count). The van der Waals surface area contributed by atoms with Gasteiger partial charge in [-0.1, -0.05) is 20.3 Å². The van der Waals surface area contributed by atoms with Gasteiger partial charge in [-0.05, 0) is 56.3 Å². The fourth-order valence-electron chi connectivity index (χ4n) is 6.28. The van der Waals surface area contributed by atoms with E-state index in [0.717, 1.165) is 49.1 Å². The van der Waals surface area contributed by atoms with E-state index in [2.05, 4.69) is 17.6 Å². The predicted octanol–water partition coefficient (Wildman–Crippen LogP) is 2.97. The van der Waals surface area contributed by atoms with Crippen molar-refractivity contribution in [1.29, 1.82) is 0 Å². The Morgan fingerprint density at radius 2 is 1.94 bits per heavy atom. The van der Waals surface area contributed by atoms with Gasteiger partial charge in [0.15, 0.2) is 5.13 Å². The highest BCUT2D eigenvalue weighted by atomic mass is 32.1. The van der Waals surface area contributed by atoms with Crippen LogP contribution in [0.5, 0.6) is 0 Å². The molecule has 2 amide bonds. The minimum atomic E-state index is -0.630. The summed E-state index contributed by atoms with van der Waals surface area (Å²) in [5, 5.41) is 27.9. The molecule has 8 heteroatoms. The van der Waals surface area contributed by atoms with Gasteiger partial charge in [0.2, 0.25) is 11.8 Å². The van der Waals surface area contributed by atoms with E-state index in [-0.39, 0.29) is 41.6 Å². The molecule has 1 aromatic rings. The van der Waals surface area contributed by atoms with Crippen LogP contribution in [0.4, 0.5) is 5.13 Å². The molecule has 0 spiro atoms. The van der Waals surface area contributed by atoms with Crippen molar-refractivity contribution >= 4 is 28.3 Å². The van der Waals surface area contributed by atoms with Gasteiger partial charge in [-0.25, -0.2) is 4.98 Å². The topological polar surface area (TPSA) is 112 Å². The van der Waals surface area contributed by atoms with Gasteiger partial charge in [-0.2, -0.15) is 0 Å². The minimum Gasteiger partial charge on any atom is -0.396 e. The van der Waals surface area contributed by atoms with E-state index >= 15 is 0 Å². The molecule has 3 saturated carbocycles. The number of aliphatic hydroxyl groups is 2. The largest absolute Gasteiger partial charge is 0.396 e. The van der Waals surface area contributed by atoms with Gasteiger partial charge in [0.05, 0.1) is 18.4 Å². The van der Waals surface area contributed by atoms with E-state index in [1.807, 2.05) is 6.92 Å². The van der Waals surface area contributed by atoms with Crippen LogP contribution in [0.3, 0.4) is 0 Å². The summed E-state index contributed by atoms with van der Waals surface area (Å²) in [5.74, 6) is 0.119. The lowest BCUT2D eigenvalue weighted by atomic mass is 9.47. The SMILES string of the molecule is CC1(CO)C(O)CCC2(C)C(CC(=O)NC3CC3)c3nc(NC(=O)C4CCC4)sc3CC12. The van der Waals surface area contributed by atoms with Crippen LogP contribution in [-0.4, -0.2) is 45.8 Å². The Kier molecular flexibility index (Phi) is 5.62. The second kappa shape index (κ2) is 8.06. The average molecular weight is 462 g/mol. The Labute approximate surface area is 193 Å². The molecule has 1 aromatic heterocycles. The third-order valence-electron chi connectivity index (χ3n) is 8.93. The lowest BCUT2D eigenvalue weighted by Crippen LogP contribution is -2.57. The second-order valence-electron chi connectivity index (χ2n) is 11.0. The number of hydrogen-bond donors (Lipinski definition) is 4. The highest BCUT2D eigenvalue weighted by Crippen LogP contribution is 2.62. The molecular weight excluding hydrogens is 426 g/mol. The van der Waals surface area contributed by atoms with Crippen molar-refractivity contribution in [2.75, 3.05) is 11.9 Å². The van der Waals surface area contributed by atoms with Crippen LogP contribution >= 0.6 is 11.3 Å². The Morgan fingerprint density at radius 3 is 2.56 bits per heavy atom. The number of anilines is 1. The summed E-state index contributed by atoms with van der Waals surface area (Å²) in [6, 6.07) is 0.304. The van der Waals surface area contributed by atoms with Gasteiger partial charge in [-0.3, -0.25) is 9.59 Å². The summed E-state index contributed by atoms with van der Waals surface area (Å²) < 4.78 is 0. The number of hydrogen-bond acceptors (Lipinski definition) is 6. The highest BCUT2D eigenvalue weighted by Gasteiger charge is 2.59. The van der Waals surface area contributed by atoms with E-state index in [9.17, 15) is 19.8 Å². The van der Waals surface area contributed by atoms with Crippen LogP contribution in [0.15, 0.2) is 0 Å². The maximum absolute atomic E-state index is 12.9. The van der Waals surface area contributed by atoms with Gasteiger partial charge in [0.1, 0.15) is 0 Å². The first-order valence-electron chi connectivity index (χ1n) is 12.1. The van der Waals surface area contributed by atoms with E-state index in [4.69, 9.17) is 4.98 Å². The molecule has 0 saturated heterocycles. The molecule has 176 valence electrons. The molecule has 0 bridgehead atoms. The average Bonchev–Trinajstić information content (AvgIpc) is 3.42. The monoisotopic (exact) mass is 461 g/mol. The van der Waals surface area contributed by atoms with Crippen molar-refractivity contribution in [1.82, 2.24) is 10.3 Å². The summed E-state index contributed by atoms with van der Waals surface area (Å²) in [5.41, 5.74) is 0.0451. The lowest BCUT2D eigenvalue weighted by Gasteiger charge is -2.58. The Balaban J connectivity index is 1.48. The van der Waals surface area contributed by atoms with Crippen molar-refractivity contribution < 1.29 is 19.8 Å². The van der Waals surface area contributed by atoms with Gasteiger partial charge >= 0.3 is 0 Å². The standard InChI is InChI=1S/C24H35N3O4S/c1-23-9-8-18(29)24(2,12-28)17(23)11-16-20(15(23)10-19(30)25-14-6-7-14)26-22(32-16)27-21(31)13-4-3-5-13/h13-15,17-18,28-29H,3-12H2,1-2H3,(H,25,30)(H,26,27,31). The molecule has 1 heterocycles. The quantitative estimate of drug-likeness (QED) is 0.520. The predicted molar refractivity (Wildman–Crippen MR) is 122 cm³/mol. The minimum absolute atomic E-state index is 0.0330. The van der Waals surface area contributed by atoms with Crippen LogP contribution in [0, 0.1) is 22.7 Å². The maximum Gasteiger partial charge on any atom is 0.229 e. The van der Waals surface area contributed by atoms with Crippen LogP contribution in [0.2, 0.25) is 0 Å². The normalized spacial score (nSPS) is 36.6. The van der Waals surface area contributed by atoms with Gasteiger partial charge < -0.3 is 20.8 Å².